The molecule has 0 spiro atoms. The Morgan fingerprint density at radius 2 is 1.57 bits per heavy atom. The molecule has 3 aromatic rings. The number of carbonyl (C=O) groups excluding carboxylic acids is 1. The molecule has 0 saturated heterocycles. The van der Waals surface area contributed by atoms with Crippen molar-refractivity contribution in [2.24, 2.45) is 5.10 Å². The van der Waals surface area contributed by atoms with Gasteiger partial charge < -0.3 is 4.74 Å². The van der Waals surface area contributed by atoms with Gasteiger partial charge in [0.05, 0.1) is 11.3 Å². The van der Waals surface area contributed by atoms with Crippen molar-refractivity contribution in [1.29, 1.82) is 0 Å². The number of hydrogen-bond donors (Lipinski definition) is 0. The molecule has 1 heterocycles. The maximum absolute atomic E-state index is 14.3. The van der Waals surface area contributed by atoms with E-state index < -0.39 is 40.7 Å². The lowest BCUT2D eigenvalue weighted by Gasteiger charge is -2.15. The van der Waals surface area contributed by atoms with E-state index in [1.165, 1.54) is 19.1 Å². The van der Waals surface area contributed by atoms with Crippen LogP contribution in [0.3, 0.4) is 0 Å². The maximum atomic E-state index is 14.3. The molecule has 1 aliphatic heterocycles. The van der Waals surface area contributed by atoms with Gasteiger partial charge in [-0.05, 0) is 48.9 Å². The highest BCUT2D eigenvalue weighted by molar-refractivity contribution is 9.10. The Morgan fingerprint density at radius 1 is 0.971 bits per heavy atom. The molecule has 1 amide bonds. The SMILES string of the molecule is CC1=NN(c2c(F)c(F)c(F)c(F)c2F)C(=O)/C1=C\c1cc(Cl)ccc1OCc1ccc(Br)cc1. The van der Waals surface area contributed by atoms with Gasteiger partial charge in [-0.3, -0.25) is 4.79 Å². The van der Waals surface area contributed by atoms with Crippen LogP contribution in [0, 0.1) is 29.1 Å². The van der Waals surface area contributed by atoms with Gasteiger partial charge in [-0.2, -0.15) is 10.1 Å². The van der Waals surface area contributed by atoms with Gasteiger partial charge in [0.15, 0.2) is 23.3 Å². The zero-order valence-electron chi connectivity index (χ0n) is 17.7. The van der Waals surface area contributed by atoms with Crippen molar-refractivity contribution in [3.8, 4) is 5.75 Å². The van der Waals surface area contributed by atoms with Crippen molar-refractivity contribution in [2.75, 3.05) is 5.01 Å². The summed E-state index contributed by atoms with van der Waals surface area (Å²) in [6.45, 7) is 1.53. The monoisotopic (exact) mass is 570 g/mol. The molecule has 0 atom stereocenters. The predicted molar refractivity (Wildman–Crippen MR) is 125 cm³/mol. The molecule has 0 N–H and O–H groups in total. The van der Waals surface area contributed by atoms with Crippen molar-refractivity contribution < 1.29 is 31.5 Å². The molecule has 1 aliphatic rings. The highest BCUT2D eigenvalue weighted by Gasteiger charge is 2.37. The fourth-order valence-electron chi connectivity index (χ4n) is 3.28. The minimum atomic E-state index is -2.33. The third kappa shape index (κ3) is 4.81. The first kappa shape index (κ1) is 24.9. The van der Waals surface area contributed by atoms with Gasteiger partial charge in [0.25, 0.3) is 5.91 Å². The molecule has 0 bridgehead atoms. The Morgan fingerprint density at radius 3 is 2.20 bits per heavy atom. The van der Waals surface area contributed by atoms with Crippen molar-refractivity contribution in [1.82, 2.24) is 0 Å². The lowest BCUT2D eigenvalue weighted by molar-refractivity contribution is -0.114. The Hall–Kier alpha value is -3.24. The molecule has 3 aromatic carbocycles. The van der Waals surface area contributed by atoms with Crippen LogP contribution < -0.4 is 9.75 Å². The van der Waals surface area contributed by atoms with Gasteiger partial charge in [-0.1, -0.05) is 39.7 Å². The van der Waals surface area contributed by atoms with Crippen LogP contribution in [0.25, 0.3) is 6.08 Å². The molecule has 0 saturated carbocycles. The van der Waals surface area contributed by atoms with Crippen LogP contribution in [0.4, 0.5) is 27.6 Å². The van der Waals surface area contributed by atoms with E-state index in [1.807, 2.05) is 24.3 Å². The molecule has 4 rings (SSSR count). The van der Waals surface area contributed by atoms with Crippen molar-refractivity contribution in [2.45, 2.75) is 13.5 Å². The van der Waals surface area contributed by atoms with Gasteiger partial charge in [0.1, 0.15) is 18.0 Å². The standard InChI is InChI=1S/C24H13BrClF5N2O2/c1-11-16(24(34)33(32-11)23-21(30)19(28)18(27)20(29)22(23)31)9-13-8-15(26)6-7-17(13)35-10-12-2-4-14(25)5-3-12/h2-9H,10H2,1H3/b16-9-. The first-order valence-corrected chi connectivity index (χ1v) is 11.1. The highest BCUT2D eigenvalue weighted by Crippen LogP contribution is 2.35. The molecule has 0 aliphatic carbocycles. The first-order chi connectivity index (χ1) is 16.6. The van der Waals surface area contributed by atoms with E-state index in [0.29, 0.717) is 16.3 Å². The minimum absolute atomic E-state index is 0.0159. The fourth-order valence-corrected chi connectivity index (χ4v) is 3.72. The zero-order chi connectivity index (χ0) is 25.4. The molecular weight excluding hydrogens is 559 g/mol. The van der Waals surface area contributed by atoms with Gasteiger partial charge in [0, 0.05) is 15.1 Å². The molecule has 4 nitrogen and oxygen atoms in total. The van der Waals surface area contributed by atoms with Crippen LogP contribution in [0.15, 0.2) is 57.6 Å². The Labute approximate surface area is 209 Å². The minimum Gasteiger partial charge on any atom is -0.488 e. The molecule has 0 fully saturated rings. The van der Waals surface area contributed by atoms with E-state index in [2.05, 4.69) is 21.0 Å². The van der Waals surface area contributed by atoms with E-state index in [1.54, 1.807) is 12.1 Å². The van der Waals surface area contributed by atoms with Crippen LogP contribution in [-0.2, 0) is 11.4 Å². The first-order valence-electron chi connectivity index (χ1n) is 9.88. The van der Waals surface area contributed by atoms with E-state index in [-0.39, 0.29) is 22.9 Å². The number of hydrogen-bond acceptors (Lipinski definition) is 3. The second-order valence-electron chi connectivity index (χ2n) is 7.38. The Kier molecular flexibility index (Phi) is 6.95. The van der Waals surface area contributed by atoms with Gasteiger partial charge in [-0.15, -0.1) is 0 Å². The normalized spacial score (nSPS) is 14.6. The molecule has 0 aromatic heterocycles. The predicted octanol–water partition coefficient (Wildman–Crippen LogP) is 7.18. The molecule has 0 unspecified atom stereocenters. The maximum Gasteiger partial charge on any atom is 0.280 e. The van der Waals surface area contributed by atoms with E-state index in [4.69, 9.17) is 16.3 Å². The largest absolute Gasteiger partial charge is 0.488 e. The summed E-state index contributed by atoms with van der Waals surface area (Å²) in [6.07, 6.45) is 1.32. The topological polar surface area (TPSA) is 41.9 Å². The molecule has 180 valence electrons. The van der Waals surface area contributed by atoms with Gasteiger partial charge >= 0.3 is 0 Å². The van der Waals surface area contributed by atoms with Crippen LogP contribution in [-0.4, -0.2) is 11.6 Å². The zero-order valence-corrected chi connectivity index (χ0v) is 20.0. The summed E-state index contributed by atoms with van der Waals surface area (Å²) >= 11 is 9.44. The number of anilines is 1. The van der Waals surface area contributed by atoms with Crippen LogP contribution in [0.5, 0.6) is 5.75 Å². The summed E-state index contributed by atoms with van der Waals surface area (Å²) in [4.78, 5) is 12.9. The number of carbonyl (C=O) groups is 1. The van der Waals surface area contributed by atoms with E-state index in [0.717, 1.165) is 10.0 Å². The smallest absolute Gasteiger partial charge is 0.280 e. The average molecular weight is 572 g/mol. The molecular formula is C24H13BrClF5N2O2. The number of halogens is 7. The summed E-state index contributed by atoms with van der Waals surface area (Å²) < 4.78 is 76.0. The van der Waals surface area contributed by atoms with E-state index in [9.17, 15) is 26.7 Å². The van der Waals surface area contributed by atoms with Gasteiger partial charge in [0.2, 0.25) is 5.82 Å². The number of benzene rings is 3. The third-order valence-corrected chi connectivity index (χ3v) is 5.80. The number of rotatable bonds is 5. The summed E-state index contributed by atoms with van der Waals surface area (Å²) in [7, 11) is 0. The molecule has 35 heavy (non-hydrogen) atoms. The fraction of sp³-hybridized carbons (Fsp3) is 0.0833. The Bertz CT molecular complexity index is 1380. The highest BCUT2D eigenvalue weighted by atomic mass is 79.9. The number of amides is 1. The summed E-state index contributed by atoms with van der Waals surface area (Å²) in [5.74, 6) is -11.8. The number of nitrogens with zero attached hydrogens (tertiary/aromatic N) is 2. The molecule has 11 heteroatoms. The second kappa shape index (κ2) is 9.79. The lowest BCUT2D eigenvalue weighted by Crippen LogP contribution is -2.25. The molecule has 0 radical (unpaired) electrons. The number of hydrazone groups is 1. The third-order valence-electron chi connectivity index (χ3n) is 5.04. The van der Waals surface area contributed by atoms with Gasteiger partial charge in [-0.25, -0.2) is 22.0 Å². The van der Waals surface area contributed by atoms with Crippen LogP contribution >= 0.6 is 27.5 Å². The van der Waals surface area contributed by atoms with Crippen molar-refractivity contribution >= 4 is 50.9 Å². The van der Waals surface area contributed by atoms with Crippen molar-refractivity contribution in [3.05, 3.63) is 97.7 Å². The Balaban J connectivity index is 1.69. The summed E-state index contributed by atoms with van der Waals surface area (Å²) in [5.41, 5.74) is -0.435. The van der Waals surface area contributed by atoms with E-state index >= 15 is 0 Å². The average Bonchev–Trinajstić information content (AvgIpc) is 3.10. The van der Waals surface area contributed by atoms with Crippen molar-refractivity contribution in [3.63, 3.8) is 0 Å². The quantitative estimate of drug-likeness (QED) is 0.141. The van der Waals surface area contributed by atoms with Crippen LogP contribution in [0.2, 0.25) is 5.02 Å². The second-order valence-corrected chi connectivity index (χ2v) is 8.73. The number of ether oxygens (including phenoxy) is 1. The summed E-state index contributed by atoms with van der Waals surface area (Å²) in [6, 6.07) is 12.0. The van der Waals surface area contributed by atoms with Crippen LogP contribution in [0.1, 0.15) is 18.1 Å². The lowest BCUT2D eigenvalue weighted by atomic mass is 10.1. The summed E-state index contributed by atoms with van der Waals surface area (Å²) in [5, 5.41) is 4.18.